The number of amides is 1. The summed E-state index contributed by atoms with van der Waals surface area (Å²) in [4.78, 5) is 12.0. The highest BCUT2D eigenvalue weighted by molar-refractivity contribution is 5.95. The Hall–Kier alpha value is -2.26. The summed E-state index contributed by atoms with van der Waals surface area (Å²) in [5.41, 5.74) is 6.56. The van der Waals surface area contributed by atoms with Gasteiger partial charge in [-0.2, -0.15) is 5.26 Å². The van der Waals surface area contributed by atoms with Gasteiger partial charge < -0.3 is 20.5 Å². The van der Waals surface area contributed by atoms with Crippen molar-refractivity contribution in [3.8, 4) is 11.8 Å². The predicted octanol–water partition coefficient (Wildman–Crippen LogP) is 1.72. The summed E-state index contributed by atoms with van der Waals surface area (Å²) in [6, 6.07) is 6.60. The standard InChI is InChI=1S/C15H21N3O3/c1-11(2)20-8-3-7-18-15(19)12-4-5-13(17)14(10-12)21-9-6-16/h4-5,10-11H,3,7-9,17H2,1-2H3,(H,18,19). The van der Waals surface area contributed by atoms with Crippen LogP contribution in [0, 0.1) is 11.3 Å². The van der Waals surface area contributed by atoms with E-state index in [1.807, 2.05) is 19.9 Å². The Morgan fingerprint density at radius 2 is 2.24 bits per heavy atom. The normalized spacial score (nSPS) is 10.2. The molecule has 0 radical (unpaired) electrons. The van der Waals surface area contributed by atoms with Crippen molar-refractivity contribution in [2.24, 2.45) is 0 Å². The summed E-state index contributed by atoms with van der Waals surface area (Å²) in [7, 11) is 0. The molecular formula is C15H21N3O3. The molecule has 0 unspecified atom stereocenters. The van der Waals surface area contributed by atoms with E-state index in [1.54, 1.807) is 12.1 Å². The Kier molecular flexibility index (Phi) is 7.05. The number of nitrogens with zero attached hydrogens (tertiary/aromatic N) is 1. The first-order chi connectivity index (χ1) is 10.0. The first-order valence-corrected chi connectivity index (χ1v) is 6.83. The lowest BCUT2D eigenvalue weighted by atomic mass is 10.1. The summed E-state index contributed by atoms with van der Waals surface area (Å²) >= 11 is 0. The van der Waals surface area contributed by atoms with Crippen LogP contribution < -0.4 is 15.8 Å². The molecule has 0 fully saturated rings. The Bertz CT molecular complexity index is 509. The average Bonchev–Trinajstić information content (AvgIpc) is 2.45. The van der Waals surface area contributed by atoms with E-state index >= 15 is 0 Å². The number of nitriles is 1. The third kappa shape index (κ3) is 6.15. The lowest BCUT2D eigenvalue weighted by Crippen LogP contribution is -2.25. The number of rotatable bonds is 8. The number of nitrogens with two attached hydrogens (primary N) is 1. The second-order valence-electron chi connectivity index (χ2n) is 4.73. The van der Waals surface area contributed by atoms with Crippen molar-refractivity contribution in [2.75, 3.05) is 25.5 Å². The zero-order valence-corrected chi connectivity index (χ0v) is 12.4. The van der Waals surface area contributed by atoms with Crippen LogP contribution in [-0.2, 0) is 4.74 Å². The largest absolute Gasteiger partial charge is 0.477 e. The van der Waals surface area contributed by atoms with Crippen molar-refractivity contribution in [3.63, 3.8) is 0 Å². The Labute approximate surface area is 124 Å². The van der Waals surface area contributed by atoms with E-state index < -0.39 is 0 Å². The van der Waals surface area contributed by atoms with E-state index in [-0.39, 0.29) is 18.6 Å². The van der Waals surface area contributed by atoms with E-state index in [0.717, 1.165) is 6.42 Å². The molecule has 0 heterocycles. The molecule has 0 saturated carbocycles. The molecule has 6 heteroatoms. The molecule has 1 aromatic carbocycles. The van der Waals surface area contributed by atoms with Crippen LogP contribution in [0.5, 0.6) is 5.75 Å². The van der Waals surface area contributed by atoms with Crippen LogP contribution in [-0.4, -0.2) is 31.8 Å². The molecule has 0 aliphatic heterocycles. The molecule has 1 aromatic rings. The van der Waals surface area contributed by atoms with Gasteiger partial charge in [0.1, 0.15) is 11.8 Å². The SMILES string of the molecule is CC(C)OCCCNC(=O)c1ccc(N)c(OCC#N)c1. The number of carbonyl (C=O) groups is 1. The van der Waals surface area contributed by atoms with Crippen LogP contribution in [0.15, 0.2) is 18.2 Å². The van der Waals surface area contributed by atoms with E-state index in [9.17, 15) is 4.79 Å². The molecule has 6 nitrogen and oxygen atoms in total. The summed E-state index contributed by atoms with van der Waals surface area (Å²) in [6.45, 7) is 4.97. The van der Waals surface area contributed by atoms with Crippen molar-refractivity contribution in [1.82, 2.24) is 5.32 Å². The van der Waals surface area contributed by atoms with E-state index in [2.05, 4.69) is 5.32 Å². The third-order valence-corrected chi connectivity index (χ3v) is 2.63. The minimum atomic E-state index is -0.207. The van der Waals surface area contributed by atoms with Gasteiger partial charge in [-0.15, -0.1) is 0 Å². The highest BCUT2D eigenvalue weighted by Crippen LogP contribution is 2.22. The van der Waals surface area contributed by atoms with Gasteiger partial charge in [0, 0.05) is 18.7 Å². The summed E-state index contributed by atoms with van der Waals surface area (Å²) in [5, 5.41) is 11.3. The number of ether oxygens (including phenoxy) is 2. The molecule has 0 bridgehead atoms. The summed E-state index contributed by atoms with van der Waals surface area (Å²) in [5.74, 6) is 0.133. The van der Waals surface area contributed by atoms with Crippen molar-refractivity contribution in [1.29, 1.82) is 5.26 Å². The quantitative estimate of drug-likeness (QED) is 0.561. The third-order valence-electron chi connectivity index (χ3n) is 2.63. The second kappa shape index (κ2) is 8.82. The molecule has 0 atom stereocenters. The van der Waals surface area contributed by atoms with Gasteiger partial charge in [-0.25, -0.2) is 0 Å². The van der Waals surface area contributed by atoms with E-state index in [4.69, 9.17) is 20.5 Å². The van der Waals surface area contributed by atoms with Crippen LogP contribution in [0.4, 0.5) is 5.69 Å². The zero-order valence-electron chi connectivity index (χ0n) is 12.4. The molecule has 3 N–H and O–H groups in total. The molecule has 114 valence electrons. The monoisotopic (exact) mass is 291 g/mol. The molecule has 1 rings (SSSR count). The van der Waals surface area contributed by atoms with E-state index in [0.29, 0.717) is 30.2 Å². The maximum absolute atomic E-state index is 12.0. The number of hydrogen-bond donors (Lipinski definition) is 2. The average molecular weight is 291 g/mol. The minimum absolute atomic E-state index is 0.109. The Morgan fingerprint density at radius 3 is 2.90 bits per heavy atom. The Balaban J connectivity index is 2.48. The van der Waals surface area contributed by atoms with Crippen LogP contribution in [0.2, 0.25) is 0 Å². The van der Waals surface area contributed by atoms with Gasteiger partial charge in [-0.05, 0) is 38.5 Å². The molecule has 0 saturated heterocycles. The lowest BCUT2D eigenvalue weighted by molar-refractivity contribution is 0.0757. The van der Waals surface area contributed by atoms with Crippen LogP contribution >= 0.6 is 0 Å². The number of anilines is 1. The van der Waals surface area contributed by atoms with Crippen molar-refractivity contribution in [2.45, 2.75) is 26.4 Å². The van der Waals surface area contributed by atoms with Gasteiger partial charge in [0.25, 0.3) is 5.91 Å². The molecule has 0 spiro atoms. The number of carbonyl (C=O) groups excluding carboxylic acids is 1. The molecule has 21 heavy (non-hydrogen) atoms. The van der Waals surface area contributed by atoms with Crippen LogP contribution in [0.25, 0.3) is 0 Å². The first kappa shape index (κ1) is 16.8. The molecule has 1 amide bonds. The maximum atomic E-state index is 12.0. The maximum Gasteiger partial charge on any atom is 0.251 e. The fraction of sp³-hybridized carbons (Fsp3) is 0.467. The second-order valence-corrected chi connectivity index (χ2v) is 4.73. The lowest BCUT2D eigenvalue weighted by Gasteiger charge is -2.10. The van der Waals surface area contributed by atoms with Gasteiger partial charge >= 0.3 is 0 Å². The number of hydrogen-bond acceptors (Lipinski definition) is 5. The number of nitrogen functional groups attached to an aromatic ring is 1. The van der Waals surface area contributed by atoms with Crippen molar-refractivity contribution < 1.29 is 14.3 Å². The highest BCUT2D eigenvalue weighted by Gasteiger charge is 2.09. The highest BCUT2D eigenvalue weighted by atomic mass is 16.5. The molecule has 0 aliphatic carbocycles. The zero-order chi connectivity index (χ0) is 15.7. The minimum Gasteiger partial charge on any atom is -0.477 e. The van der Waals surface area contributed by atoms with Gasteiger partial charge in [0.05, 0.1) is 11.8 Å². The van der Waals surface area contributed by atoms with E-state index in [1.165, 1.54) is 6.07 Å². The van der Waals surface area contributed by atoms with Gasteiger partial charge in [-0.3, -0.25) is 4.79 Å². The van der Waals surface area contributed by atoms with Crippen LogP contribution in [0.1, 0.15) is 30.6 Å². The fourth-order valence-electron chi connectivity index (χ4n) is 1.61. The van der Waals surface area contributed by atoms with Crippen LogP contribution in [0.3, 0.4) is 0 Å². The summed E-state index contributed by atoms with van der Waals surface area (Å²) < 4.78 is 10.6. The fourth-order valence-corrected chi connectivity index (χ4v) is 1.61. The molecule has 0 aromatic heterocycles. The Morgan fingerprint density at radius 1 is 1.48 bits per heavy atom. The van der Waals surface area contributed by atoms with Gasteiger partial charge in [0.2, 0.25) is 0 Å². The molecular weight excluding hydrogens is 270 g/mol. The predicted molar refractivity (Wildman–Crippen MR) is 80.0 cm³/mol. The summed E-state index contributed by atoms with van der Waals surface area (Å²) in [6.07, 6.45) is 0.939. The van der Waals surface area contributed by atoms with Crippen molar-refractivity contribution >= 4 is 11.6 Å². The van der Waals surface area contributed by atoms with Crippen molar-refractivity contribution in [3.05, 3.63) is 23.8 Å². The number of benzene rings is 1. The first-order valence-electron chi connectivity index (χ1n) is 6.83. The number of nitrogens with one attached hydrogen (secondary N) is 1. The van der Waals surface area contributed by atoms with Gasteiger partial charge in [0.15, 0.2) is 6.61 Å². The topological polar surface area (TPSA) is 97.4 Å². The smallest absolute Gasteiger partial charge is 0.251 e. The van der Waals surface area contributed by atoms with Gasteiger partial charge in [-0.1, -0.05) is 0 Å². The molecule has 0 aliphatic rings.